The van der Waals surface area contributed by atoms with E-state index in [0.29, 0.717) is 5.92 Å². The molecule has 3 N–H and O–H groups in total. The summed E-state index contributed by atoms with van der Waals surface area (Å²) in [4.78, 5) is 0. The van der Waals surface area contributed by atoms with Crippen molar-refractivity contribution in [3.8, 4) is 0 Å². The van der Waals surface area contributed by atoms with E-state index in [2.05, 4.69) is 0 Å². The van der Waals surface area contributed by atoms with Gasteiger partial charge in [-0.05, 0) is 24.3 Å². The van der Waals surface area contributed by atoms with E-state index in [4.69, 9.17) is 5.73 Å². The Morgan fingerprint density at radius 2 is 2.07 bits per heavy atom. The van der Waals surface area contributed by atoms with Crippen molar-refractivity contribution in [3.05, 3.63) is 48.0 Å². The summed E-state index contributed by atoms with van der Waals surface area (Å²) in [5, 5.41) is 9.64. The molecule has 0 bridgehead atoms. The fourth-order valence-electron chi connectivity index (χ4n) is 2.09. The minimum atomic E-state index is -0.306. The Morgan fingerprint density at radius 3 is 2.67 bits per heavy atom. The SMILES string of the molecule is NC(CC1CC=CC1O)c1ccccc1. The Morgan fingerprint density at radius 1 is 1.33 bits per heavy atom. The van der Waals surface area contributed by atoms with Crippen molar-refractivity contribution in [2.75, 3.05) is 0 Å². The maximum atomic E-state index is 9.64. The summed E-state index contributed by atoms with van der Waals surface area (Å²) in [7, 11) is 0. The van der Waals surface area contributed by atoms with Crippen LogP contribution in [0.5, 0.6) is 0 Å². The van der Waals surface area contributed by atoms with Crippen LogP contribution in [-0.4, -0.2) is 11.2 Å². The van der Waals surface area contributed by atoms with Crippen LogP contribution in [0.4, 0.5) is 0 Å². The zero-order valence-electron chi connectivity index (χ0n) is 8.71. The molecule has 1 aliphatic carbocycles. The first-order chi connectivity index (χ1) is 7.27. The van der Waals surface area contributed by atoms with Crippen LogP contribution >= 0.6 is 0 Å². The molecule has 1 aromatic rings. The molecule has 0 spiro atoms. The van der Waals surface area contributed by atoms with Crippen molar-refractivity contribution in [2.45, 2.75) is 25.0 Å². The fourth-order valence-corrected chi connectivity index (χ4v) is 2.09. The molecule has 0 fully saturated rings. The molecule has 0 radical (unpaired) electrons. The predicted octanol–water partition coefficient (Wildman–Crippen LogP) is 2.01. The van der Waals surface area contributed by atoms with Gasteiger partial charge < -0.3 is 10.8 Å². The average molecular weight is 203 g/mol. The number of aliphatic hydroxyl groups is 1. The standard InChI is InChI=1S/C13H17NO/c14-12(10-5-2-1-3-6-10)9-11-7-4-8-13(11)15/h1-6,8,11-13,15H,7,9,14H2. The summed E-state index contributed by atoms with van der Waals surface area (Å²) in [6.07, 6.45) is 5.38. The van der Waals surface area contributed by atoms with Crippen LogP contribution in [0.2, 0.25) is 0 Å². The third-order valence-corrected chi connectivity index (χ3v) is 3.04. The summed E-state index contributed by atoms with van der Waals surface area (Å²) >= 11 is 0. The lowest BCUT2D eigenvalue weighted by molar-refractivity contribution is 0.154. The highest BCUT2D eigenvalue weighted by atomic mass is 16.3. The first-order valence-corrected chi connectivity index (χ1v) is 5.42. The Bertz CT molecular complexity index is 334. The van der Waals surface area contributed by atoms with Crippen molar-refractivity contribution in [1.29, 1.82) is 0 Å². The molecular weight excluding hydrogens is 186 g/mol. The normalized spacial score (nSPS) is 26.8. The molecule has 0 aliphatic heterocycles. The van der Waals surface area contributed by atoms with Gasteiger partial charge in [0.25, 0.3) is 0 Å². The minimum Gasteiger partial charge on any atom is -0.389 e. The highest BCUT2D eigenvalue weighted by Crippen LogP contribution is 2.28. The molecule has 0 heterocycles. The van der Waals surface area contributed by atoms with Gasteiger partial charge in [0.15, 0.2) is 0 Å². The second-order valence-electron chi connectivity index (χ2n) is 4.17. The van der Waals surface area contributed by atoms with Gasteiger partial charge in [-0.15, -0.1) is 0 Å². The molecule has 80 valence electrons. The second-order valence-corrected chi connectivity index (χ2v) is 4.17. The number of hydrogen-bond donors (Lipinski definition) is 2. The lowest BCUT2D eigenvalue weighted by Crippen LogP contribution is -2.20. The number of hydrogen-bond acceptors (Lipinski definition) is 2. The molecule has 3 unspecified atom stereocenters. The van der Waals surface area contributed by atoms with Gasteiger partial charge in [-0.2, -0.15) is 0 Å². The zero-order chi connectivity index (χ0) is 10.7. The summed E-state index contributed by atoms with van der Waals surface area (Å²) in [5.41, 5.74) is 7.25. The van der Waals surface area contributed by atoms with E-state index in [1.54, 1.807) is 0 Å². The quantitative estimate of drug-likeness (QED) is 0.738. The lowest BCUT2D eigenvalue weighted by atomic mass is 9.92. The molecule has 1 aliphatic rings. The number of rotatable bonds is 3. The fraction of sp³-hybridized carbons (Fsp3) is 0.385. The number of benzene rings is 1. The van der Waals surface area contributed by atoms with Gasteiger partial charge >= 0.3 is 0 Å². The molecule has 2 heteroatoms. The highest BCUT2D eigenvalue weighted by Gasteiger charge is 2.23. The number of nitrogens with two attached hydrogens (primary N) is 1. The second kappa shape index (κ2) is 4.60. The maximum Gasteiger partial charge on any atom is 0.0752 e. The van der Waals surface area contributed by atoms with Crippen LogP contribution in [0, 0.1) is 5.92 Å². The topological polar surface area (TPSA) is 46.2 Å². The van der Waals surface area contributed by atoms with E-state index < -0.39 is 0 Å². The molecule has 0 saturated heterocycles. The summed E-state index contributed by atoms with van der Waals surface area (Å²) < 4.78 is 0. The van der Waals surface area contributed by atoms with Crippen LogP contribution in [0.25, 0.3) is 0 Å². The Balaban J connectivity index is 1.95. The highest BCUT2D eigenvalue weighted by molar-refractivity contribution is 5.19. The molecule has 0 amide bonds. The van der Waals surface area contributed by atoms with E-state index in [1.807, 2.05) is 42.5 Å². The third kappa shape index (κ3) is 2.46. The minimum absolute atomic E-state index is 0.0331. The monoisotopic (exact) mass is 203 g/mol. The zero-order valence-corrected chi connectivity index (χ0v) is 8.71. The van der Waals surface area contributed by atoms with Gasteiger partial charge in [-0.3, -0.25) is 0 Å². The molecule has 0 aromatic heterocycles. The summed E-state index contributed by atoms with van der Waals surface area (Å²) in [6.45, 7) is 0. The average Bonchev–Trinajstić information content (AvgIpc) is 2.66. The van der Waals surface area contributed by atoms with Gasteiger partial charge in [0, 0.05) is 6.04 Å². The largest absolute Gasteiger partial charge is 0.389 e. The van der Waals surface area contributed by atoms with Crippen molar-refractivity contribution < 1.29 is 5.11 Å². The van der Waals surface area contributed by atoms with Gasteiger partial charge in [-0.25, -0.2) is 0 Å². The van der Waals surface area contributed by atoms with E-state index in [1.165, 1.54) is 0 Å². The summed E-state index contributed by atoms with van der Waals surface area (Å²) in [6, 6.07) is 10.1. The maximum absolute atomic E-state index is 9.64. The van der Waals surface area contributed by atoms with E-state index >= 15 is 0 Å². The van der Waals surface area contributed by atoms with Crippen molar-refractivity contribution in [3.63, 3.8) is 0 Å². The van der Waals surface area contributed by atoms with Crippen LogP contribution in [0.1, 0.15) is 24.4 Å². The third-order valence-electron chi connectivity index (χ3n) is 3.04. The molecule has 0 saturated carbocycles. The predicted molar refractivity (Wildman–Crippen MR) is 61.2 cm³/mol. The van der Waals surface area contributed by atoms with Crippen LogP contribution in [0.15, 0.2) is 42.5 Å². The van der Waals surface area contributed by atoms with Gasteiger partial charge in [0.05, 0.1) is 6.10 Å². The molecule has 3 atom stereocenters. The lowest BCUT2D eigenvalue weighted by Gasteiger charge is -2.19. The van der Waals surface area contributed by atoms with E-state index in [0.717, 1.165) is 18.4 Å². The molecule has 2 rings (SSSR count). The first-order valence-electron chi connectivity index (χ1n) is 5.42. The Kier molecular flexibility index (Phi) is 3.19. The number of allylic oxidation sites excluding steroid dienone is 1. The van der Waals surface area contributed by atoms with Gasteiger partial charge in [-0.1, -0.05) is 42.5 Å². The van der Waals surface area contributed by atoms with E-state index in [9.17, 15) is 5.11 Å². The van der Waals surface area contributed by atoms with Gasteiger partial charge in [0.2, 0.25) is 0 Å². The Hall–Kier alpha value is -1.12. The van der Waals surface area contributed by atoms with Crippen molar-refractivity contribution in [2.24, 2.45) is 11.7 Å². The molecule has 1 aromatic carbocycles. The summed E-state index contributed by atoms with van der Waals surface area (Å²) in [5.74, 6) is 0.292. The first kappa shape index (κ1) is 10.4. The van der Waals surface area contributed by atoms with Gasteiger partial charge in [0.1, 0.15) is 0 Å². The number of aliphatic hydroxyl groups excluding tert-OH is 1. The van der Waals surface area contributed by atoms with Crippen LogP contribution in [-0.2, 0) is 0 Å². The van der Waals surface area contributed by atoms with Crippen molar-refractivity contribution >= 4 is 0 Å². The molecule has 15 heavy (non-hydrogen) atoms. The molecular formula is C13H17NO. The van der Waals surface area contributed by atoms with Crippen molar-refractivity contribution in [1.82, 2.24) is 0 Å². The smallest absolute Gasteiger partial charge is 0.0752 e. The Labute approximate surface area is 90.4 Å². The molecule has 2 nitrogen and oxygen atoms in total. The van der Waals surface area contributed by atoms with Crippen LogP contribution < -0.4 is 5.73 Å². The van der Waals surface area contributed by atoms with Crippen LogP contribution in [0.3, 0.4) is 0 Å². The van der Waals surface area contributed by atoms with E-state index in [-0.39, 0.29) is 12.1 Å².